The summed E-state index contributed by atoms with van der Waals surface area (Å²) in [5.74, 6) is 1.85. The van der Waals surface area contributed by atoms with Gasteiger partial charge >= 0.3 is 6.09 Å². The van der Waals surface area contributed by atoms with E-state index >= 15 is 0 Å². The highest BCUT2D eigenvalue weighted by Crippen LogP contribution is 2.10. The quantitative estimate of drug-likeness (QED) is 0.345. The molecule has 0 aliphatic heterocycles. The molecule has 0 fully saturated rings. The third kappa shape index (κ3) is 9.56. The van der Waals surface area contributed by atoms with Crippen LogP contribution in [-0.4, -0.2) is 75.9 Å². The van der Waals surface area contributed by atoms with Gasteiger partial charge in [0.15, 0.2) is 5.96 Å². The van der Waals surface area contributed by atoms with Crippen LogP contribution in [0.4, 0.5) is 4.79 Å². The van der Waals surface area contributed by atoms with Gasteiger partial charge < -0.3 is 19.9 Å². The van der Waals surface area contributed by atoms with E-state index in [1.165, 1.54) is 0 Å². The van der Waals surface area contributed by atoms with Crippen molar-refractivity contribution in [3.63, 3.8) is 0 Å². The van der Waals surface area contributed by atoms with Gasteiger partial charge in [-0.15, -0.1) is 24.0 Å². The lowest BCUT2D eigenvalue weighted by atomic mass is 10.2. The zero-order valence-corrected chi connectivity index (χ0v) is 20.7. The summed E-state index contributed by atoms with van der Waals surface area (Å²) >= 11 is 0. The molecule has 162 valence electrons. The normalized spacial score (nSPS) is 12.8. The van der Waals surface area contributed by atoms with Gasteiger partial charge in [0.05, 0.1) is 6.54 Å². The summed E-state index contributed by atoms with van der Waals surface area (Å²) in [5.41, 5.74) is -0.493. The van der Waals surface area contributed by atoms with E-state index in [0.29, 0.717) is 19.6 Å². The molecule has 28 heavy (non-hydrogen) atoms. The molecule has 1 amide bonds. The average Bonchev–Trinajstić information content (AvgIpc) is 2.94. The van der Waals surface area contributed by atoms with Crippen molar-refractivity contribution < 1.29 is 9.53 Å². The highest BCUT2D eigenvalue weighted by Gasteiger charge is 2.21. The maximum atomic E-state index is 12.1. The zero-order valence-electron chi connectivity index (χ0n) is 18.4. The van der Waals surface area contributed by atoms with E-state index in [9.17, 15) is 4.79 Å². The van der Waals surface area contributed by atoms with Gasteiger partial charge in [-0.25, -0.2) is 9.78 Å². The Bertz CT molecular complexity index is 628. The van der Waals surface area contributed by atoms with Crippen molar-refractivity contribution in [2.45, 2.75) is 46.8 Å². The van der Waals surface area contributed by atoms with Crippen molar-refractivity contribution in [1.82, 2.24) is 29.9 Å². The summed E-state index contributed by atoms with van der Waals surface area (Å²) in [5, 5.41) is 7.38. The number of aromatic nitrogens is 3. The first-order valence-electron chi connectivity index (χ1n) is 9.30. The molecule has 0 saturated carbocycles. The van der Waals surface area contributed by atoms with E-state index in [4.69, 9.17) is 9.73 Å². The van der Waals surface area contributed by atoms with Gasteiger partial charge in [0.1, 0.15) is 17.8 Å². The van der Waals surface area contributed by atoms with E-state index in [2.05, 4.69) is 22.3 Å². The number of carbonyl (C=O) groups is 1. The smallest absolute Gasteiger partial charge is 0.410 e. The summed E-state index contributed by atoms with van der Waals surface area (Å²) in [6.07, 6.45) is 1.23. The van der Waals surface area contributed by atoms with Crippen molar-refractivity contribution >= 4 is 36.0 Å². The Morgan fingerprint density at radius 3 is 2.50 bits per heavy atom. The Labute approximate surface area is 185 Å². The molecule has 1 N–H and O–H groups in total. The molecule has 0 radical (unpaired) electrons. The third-order valence-corrected chi connectivity index (χ3v) is 3.72. The van der Waals surface area contributed by atoms with E-state index in [0.717, 1.165) is 18.3 Å². The highest BCUT2D eigenvalue weighted by atomic mass is 127. The Morgan fingerprint density at radius 2 is 2.00 bits per heavy atom. The first-order valence-corrected chi connectivity index (χ1v) is 9.30. The van der Waals surface area contributed by atoms with Crippen LogP contribution in [0, 0.1) is 5.92 Å². The molecule has 1 unspecified atom stereocenters. The molecule has 1 atom stereocenters. The van der Waals surface area contributed by atoms with Crippen LogP contribution in [0.15, 0.2) is 11.3 Å². The lowest BCUT2D eigenvalue weighted by Gasteiger charge is -2.26. The molecule has 0 spiro atoms. The predicted molar refractivity (Wildman–Crippen MR) is 122 cm³/mol. The molecular weight excluding hydrogens is 473 g/mol. The second kappa shape index (κ2) is 12.1. The topological polar surface area (TPSA) is 87.9 Å². The van der Waals surface area contributed by atoms with Gasteiger partial charge in [-0.3, -0.25) is 9.67 Å². The largest absolute Gasteiger partial charge is 0.444 e. The minimum atomic E-state index is -0.493. The summed E-state index contributed by atoms with van der Waals surface area (Å²) in [7, 11) is 5.59. The minimum absolute atomic E-state index is 0. The SMILES string of the molecule is CCNC(=NCC(C)CN(C)C(=O)OC(C)(C)C)N(C)Cc1ncnn1C.I. The van der Waals surface area contributed by atoms with Gasteiger partial charge in [0.2, 0.25) is 0 Å². The standard InChI is InChI=1S/C18H35N7O2.HI/c1-9-19-16(23(6)12-15-21-13-22-25(15)8)20-10-14(2)11-24(7)17(26)27-18(3,4)5;/h13-14H,9-12H2,1-8H3,(H,19,20);1H. The maximum Gasteiger partial charge on any atom is 0.410 e. The fraction of sp³-hybridized carbons (Fsp3) is 0.778. The second-order valence-corrected chi connectivity index (χ2v) is 7.82. The van der Waals surface area contributed by atoms with E-state index < -0.39 is 5.60 Å². The van der Waals surface area contributed by atoms with Crippen molar-refractivity contribution in [2.24, 2.45) is 18.0 Å². The summed E-state index contributed by atoms with van der Waals surface area (Å²) in [6.45, 7) is 12.2. The molecule has 1 rings (SSSR count). The van der Waals surface area contributed by atoms with Gasteiger partial charge in [-0.2, -0.15) is 5.10 Å². The molecule has 0 saturated heterocycles. The molecule has 0 aliphatic rings. The summed E-state index contributed by atoms with van der Waals surface area (Å²) in [4.78, 5) is 24.7. The van der Waals surface area contributed by atoms with Crippen LogP contribution in [-0.2, 0) is 18.3 Å². The lowest BCUT2D eigenvalue weighted by molar-refractivity contribution is 0.0279. The first-order chi connectivity index (χ1) is 12.5. The number of hydrogen-bond donors (Lipinski definition) is 1. The van der Waals surface area contributed by atoms with Crippen LogP contribution < -0.4 is 5.32 Å². The van der Waals surface area contributed by atoms with Crippen molar-refractivity contribution in [3.05, 3.63) is 12.2 Å². The number of carbonyl (C=O) groups excluding carboxylic acids is 1. The fourth-order valence-electron chi connectivity index (χ4n) is 2.40. The van der Waals surface area contributed by atoms with E-state index in [1.807, 2.05) is 46.7 Å². The maximum absolute atomic E-state index is 12.1. The van der Waals surface area contributed by atoms with E-state index in [-0.39, 0.29) is 36.0 Å². The molecule has 10 heteroatoms. The number of nitrogens with zero attached hydrogens (tertiary/aromatic N) is 6. The third-order valence-electron chi connectivity index (χ3n) is 3.72. The summed E-state index contributed by atoms with van der Waals surface area (Å²) in [6, 6.07) is 0. The van der Waals surface area contributed by atoms with Crippen molar-refractivity contribution in [3.8, 4) is 0 Å². The van der Waals surface area contributed by atoms with Gasteiger partial charge in [0.25, 0.3) is 0 Å². The average molecular weight is 509 g/mol. The van der Waals surface area contributed by atoms with Crippen LogP contribution >= 0.6 is 24.0 Å². The number of ether oxygens (including phenoxy) is 1. The van der Waals surface area contributed by atoms with E-state index in [1.54, 1.807) is 23.0 Å². The number of hydrogen-bond acceptors (Lipinski definition) is 5. The minimum Gasteiger partial charge on any atom is -0.444 e. The Morgan fingerprint density at radius 1 is 1.36 bits per heavy atom. The number of aryl methyl sites for hydroxylation is 1. The number of amides is 1. The molecule has 0 aliphatic carbocycles. The van der Waals surface area contributed by atoms with Crippen molar-refractivity contribution in [2.75, 3.05) is 33.7 Å². The van der Waals surface area contributed by atoms with Gasteiger partial charge in [-0.1, -0.05) is 6.92 Å². The molecule has 0 aromatic carbocycles. The number of nitrogens with one attached hydrogen (secondary N) is 1. The fourth-order valence-corrected chi connectivity index (χ4v) is 2.40. The van der Waals surface area contributed by atoms with Crippen LogP contribution in [0.5, 0.6) is 0 Å². The summed E-state index contributed by atoms with van der Waals surface area (Å²) < 4.78 is 7.14. The molecule has 9 nitrogen and oxygen atoms in total. The first kappa shape index (κ1) is 26.4. The molecule has 1 aromatic rings. The van der Waals surface area contributed by atoms with Crippen molar-refractivity contribution in [1.29, 1.82) is 0 Å². The lowest BCUT2D eigenvalue weighted by Crippen LogP contribution is -2.40. The highest BCUT2D eigenvalue weighted by molar-refractivity contribution is 14.0. The molecule has 0 bridgehead atoms. The monoisotopic (exact) mass is 509 g/mol. The van der Waals surface area contributed by atoms with Crippen LogP contribution in [0.3, 0.4) is 0 Å². The Hall–Kier alpha value is -1.59. The molecular formula is C18H36IN7O2. The molecule has 1 aromatic heterocycles. The number of halogens is 1. The number of guanidine groups is 1. The van der Waals surface area contributed by atoms with Crippen LogP contribution in [0.2, 0.25) is 0 Å². The number of rotatable bonds is 7. The predicted octanol–water partition coefficient (Wildman–Crippen LogP) is 2.33. The zero-order chi connectivity index (χ0) is 20.6. The number of aliphatic imine (C=N–C) groups is 1. The second-order valence-electron chi connectivity index (χ2n) is 7.82. The van der Waals surface area contributed by atoms with Gasteiger partial charge in [-0.05, 0) is 33.6 Å². The molecule has 1 heterocycles. The van der Waals surface area contributed by atoms with Crippen LogP contribution in [0.1, 0.15) is 40.4 Å². The van der Waals surface area contributed by atoms with Crippen LogP contribution in [0.25, 0.3) is 0 Å². The van der Waals surface area contributed by atoms with Gasteiger partial charge in [0, 0.05) is 40.8 Å². The Kier molecular flexibility index (Phi) is 11.4. The Balaban J connectivity index is 0.00000729.